The number of ether oxygens (including phenoxy) is 2. The minimum absolute atomic E-state index is 0.272. The van der Waals surface area contributed by atoms with Crippen LogP contribution in [0, 0.1) is 0 Å². The van der Waals surface area contributed by atoms with Crippen molar-refractivity contribution in [2.24, 2.45) is 7.05 Å². The molecular formula is C27H27N5O3. The maximum Gasteiger partial charge on any atom is 0.283 e. The zero-order chi connectivity index (χ0) is 24.7. The first kappa shape index (κ1) is 22.6. The molecule has 8 nitrogen and oxygen atoms in total. The van der Waals surface area contributed by atoms with E-state index in [1.165, 1.54) is 0 Å². The maximum atomic E-state index is 13.9. The highest BCUT2D eigenvalue weighted by Crippen LogP contribution is 2.26. The highest BCUT2D eigenvalue weighted by Gasteiger charge is 2.18. The Balaban J connectivity index is 1.72. The second-order valence-corrected chi connectivity index (χ2v) is 9.31. The fourth-order valence-electron chi connectivity index (χ4n) is 4.01. The summed E-state index contributed by atoms with van der Waals surface area (Å²) in [4.78, 5) is 23.2. The second kappa shape index (κ2) is 8.54. The van der Waals surface area contributed by atoms with Gasteiger partial charge in [0.2, 0.25) is 5.88 Å². The molecule has 3 aromatic heterocycles. The van der Waals surface area contributed by atoms with Gasteiger partial charge in [0.05, 0.1) is 17.8 Å². The van der Waals surface area contributed by atoms with Crippen LogP contribution in [0.4, 0.5) is 0 Å². The first-order chi connectivity index (χ1) is 16.7. The smallest absolute Gasteiger partial charge is 0.283 e. The SMILES string of the molecule is CCOc1ccc2nc(-c3ccc4nn(C)cc4c3)c(=O)n(-c3ccc(OC(C)(C)C)cc3)c2n1. The Hall–Kier alpha value is -4.20. The molecule has 35 heavy (non-hydrogen) atoms. The molecule has 8 heteroatoms. The molecule has 3 heterocycles. The molecule has 0 unspecified atom stereocenters. The fourth-order valence-corrected chi connectivity index (χ4v) is 4.01. The van der Waals surface area contributed by atoms with E-state index in [1.54, 1.807) is 15.3 Å². The van der Waals surface area contributed by atoms with E-state index < -0.39 is 0 Å². The third kappa shape index (κ3) is 4.47. The van der Waals surface area contributed by atoms with Gasteiger partial charge in [0.1, 0.15) is 22.6 Å². The number of nitrogens with zero attached hydrogens (tertiary/aromatic N) is 5. The first-order valence-electron chi connectivity index (χ1n) is 11.5. The van der Waals surface area contributed by atoms with Crippen LogP contribution < -0.4 is 15.0 Å². The summed E-state index contributed by atoms with van der Waals surface area (Å²) in [6, 6.07) is 16.7. The third-order valence-corrected chi connectivity index (χ3v) is 5.38. The summed E-state index contributed by atoms with van der Waals surface area (Å²) in [6.45, 7) is 8.34. The molecule has 2 aromatic carbocycles. The van der Waals surface area contributed by atoms with Crippen LogP contribution in [-0.2, 0) is 7.05 Å². The van der Waals surface area contributed by atoms with Gasteiger partial charge in [-0.15, -0.1) is 0 Å². The Labute approximate surface area is 202 Å². The van der Waals surface area contributed by atoms with Crippen molar-refractivity contribution in [3.05, 3.63) is 71.1 Å². The fraction of sp³-hybridized carbons (Fsp3) is 0.259. The molecule has 0 aliphatic carbocycles. The Kier molecular flexibility index (Phi) is 5.51. The number of hydrogen-bond donors (Lipinski definition) is 0. The lowest BCUT2D eigenvalue weighted by Crippen LogP contribution is -2.24. The van der Waals surface area contributed by atoms with Crippen molar-refractivity contribution in [1.82, 2.24) is 24.3 Å². The summed E-state index contributed by atoms with van der Waals surface area (Å²) in [5.41, 5.74) is 2.99. The van der Waals surface area contributed by atoms with E-state index in [9.17, 15) is 4.79 Å². The zero-order valence-corrected chi connectivity index (χ0v) is 20.4. The van der Waals surface area contributed by atoms with Crippen LogP contribution in [0.2, 0.25) is 0 Å². The summed E-state index contributed by atoms with van der Waals surface area (Å²) < 4.78 is 14.9. The monoisotopic (exact) mass is 469 g/mol. The largest absolute Gasteiger partial charge is 0.488 e. The summed E-state index contributed by atoms with van der Waals surface area (Å²) >= 11 is 0. The molecule has 0 amide bonds. The Morgan fingerprint density at radius 1 is 0.943 bits per heavy atom. The van der Waals surface area contributed by atoms with E-state index in [0.29, 0.717) is 40.6 Å². The van der Waals surface area contributed by atoms with Crippen molar-refractivity contribution in [2.75, 3.05) is 6.61 Å². The van der Waals surface area contributed by atoms with Crippen LogP contribution in [-0.4, -0.2) is 36.5 Å². The average molecular weight is 470 g/mol. The van der Waals surface area contributed by atoms with E-state index in [0.717, 1.165) is 16.7 Å². The van der Waals surface area contributed by atoms with Crippen LogP contribution >= 0.6 is 0 Å². The normalized spacial score (nSPS) is 11.8. The van der Waals surface area contributed by atoms with Crippen molar-refractivity contribution in [3.8, 4) is 28.6 Å². The molecule has 0 N–H and O–H groups in total. The van der Waals surface area contributed by atoms with E-state index in [4.69, 9.17) is 14.5 Å². The summed E-state index contributed by atoms with van der Waals surface area (Å²) in [5.74, 6) is 1.16. The number of aromatic nitrogens is 5. The van der Waals surface area contributed by atoms with Crippen LogP contribution in [0.1, 0.15) is 27.7 Å². The molecule has 0 saturated carbocycles. The molecule has 0 spiro atoms. The molecule has 0 bridgehead atoms. The van der Waals surface area contributed by atoms with Gasteiger partial charge in [0.15, 0.2) is 5.65 Å². The van der Waals surface area contributed by atoms with Gasteiger partial charge in [-0.2, -0.15) is 10.1 Å². The Morgan fingerprint density at radius 2 is 1.69 bits per heavy atom. The maximum absolute atomic E-state index is 13.9. The first-order valence-corrected chi connectivity index (χ1v) is 11.5. The van der Waals surface area contributed by atoms with Crippen LogP contribution in [0.5, 0.6) is 11.6 Å². The molecular weight excluding hydrogens is 442 g/mol. The predicted molar refractivity (Wildman–Crippen MR) is 136 cm³/mol. The van der Waals surface area contributed by atoms with Crippen molar-refractivity contribution < 1.29 is 9.47 Å². The minimum atomic E-state index is -0.326. The topological polar surface area (TPSA) is 84.1 Å². The van der Waals surface area contributed by atoms with E-state index in [-0.39, 0.29) is 11.2 Å². The molecule has 0 aliphatic rings. The van der Waals surface area contributed by atoms with Crippen molar-refractivity contribution in [1.29, 1.82) is 0 Å². The van der Waals surface area contributed by atoms with Gasteiger partial charge in [-0.3, -0.25) is 14.0 Å². The molecule has 0 atom stereocenters. The molecule has 0 aliphatic heterocycles. The quantitative estimate of drug-likeness (QED) is 0.364. The summed E-state index contributed by atoms with van der Waals surface area (Å²) in [5, 5.41) is 5.36. The summed E-state index contributed by atoms with van der Waals surface area (Å²) in [7, 11) is 1.87. The number of rotatable bonds is 5. The highest BCUT2D eigenvalue weighted by molar-refractivity contribution is 5.85. The number of hydrogen-bond acceptors (Lipinski definition) is 6. The molecule has 5 aromatic rings. The minimum Gasteiger partial charge on any atom is -0.488 e. The molecule has 0 fully saturated rings. The number of aryl methyl sites for hydroxylation is 1. The standard InChI is InChI=1S/C27H27N5O3/c1-6-34-23-14-13-22-25(29-23)32(19-8-10-20(11-9-19)35-27(2,3)4)26(33)24(28-22)17-7-12-21-18(15-17)16-31(5)30-21/h7-16H,6H2,1-5H3. The Morgan fingerprint density at radius 3 is 2.40 bits per heavy atom. The molecule has 0 saturated heterocycles. The lowest BCUT2D eigenvalue weighted by atomic mass is 10.1. The van der Waals surface area contributed by atoms with Crippen molar-refractivity contribution >= 4 is 22.1 Å². The predicted octanol–water partition coefficient (Wildman–Crippen LogP) is 4.91. The number of pyridine rings is 1. The van der Waals surface area contributed by atoms with Gasteiger partial charge in [-0.25, -0.2) is 4.98 Å². The van der Waals surface area contributed by atoms with E-state index in [1.807, 2.05) is 89.5 Å². The highest BCUT2D eigenvalue weighted by atomic mass is 16.5. The van der Waals surface area contributed by atoms with Crippen LogP contribution in [0.15, 0.2) is 65.6 Å². The van der Waals surface area contributed by atoms with Crippen LogP contribution in [0.25, 0.3) is 39.0 Å². The van der Waals surface area contributed by atoms with Gasteiger partial charge in [-0.1, -0.05) is 6.07 Å². The van der Waals surface area contributed by atoms with Gasteiger partial charge in [0, 0.05) is 30.3 Å². The van der Waals surface area contributed by atoms with Gasteiger partial charge < -0.3 is 9.47 Å². The zero-order valence-electron chi connectivity index (χ0n) is 20.4. The van der Waals surface area contributed by atoms with E-state index >= 15 is 0 Å². The number of fused-ring (bicyclic) bond motifs is 2. The van der Waals surface area contributed by atoms with Crippen molar-refractivity contribution in [2.45, 2.75) is 33.3 Å². The summed E-state index contributed by atoms with van der Waals surface area (Å²) in [6.07, 6.45) is 1.92. The lowest BCUT2D eigenvalue weighted by molar-refractivity contribution is 0.131. The molecule has 178 valence electrons. The Bertz CT molecular complexity index is 1590. The van der Waals surface area contributed by atoms with Gasteiger partial charge >= 0.3 is 0 Å². The number of benzene rings is 2. The van der Waals surface area contributed by atoms with Gasteiger partial charge in [0.25, 0.3) is 5.56 Å². The molecule has 0 radical (unpaired) electrons. The van der Waals surface area contributed by atoms with E-state index in [2.05, 4.69) is 10.1 Å². The lowest BCUT2D eigenvalue weighted by Gasteiger charge is -2.21. The second-order valence-electron chi connectivity index (χ2n) is 9.31. The van der Waals surface area contributed by atoms with Crippen LogP contribution in [0.3, 0.4) is 0 Å². The van der Waals surface area contributed by atoms with Crippen molar-refractivity contribution in [3.63, 3.8) is 0 Å². The molecule has 5 rings (SSSR count). The van der Waals surface area contributed by atoms with Gasteiger partial charge in [-0.05, 0) is 70.2 Å². The third-order valence-electron chi connectivity index (χ3n) is 5.38. The average Bonchev–Trinajstić information content (AvgIpc) is 3.18.